The van der Waals surface area contributed by atoms with Crippen molar-refractivity contribution in [3.8, 4) is 0 Å². The average molecular weight is 519 g/mol. The lowest BCUT2D eigenvalue weighted by Gasteiger charge is -2.31. The van der Waals surface area contributed by atoms with Gasteiger partial charge in [0.25, 0.3) is 5.91 Å². The maximum atomic E-state index is 13.1. The first-order valence-electron chi connectivity index (χ1n) is 12.4. The Morgan fingerprint density at radius 2 is 1.83 bits per heavy atom. The number of thioether (sulfide) groups is 1. The van der Waals surface area contributed by atoms with E-state index in [2.05, 4.69) is 23.7 Å². The molecule has 0 atom stereocenters. The highest BCUT2D eigenvalue weighted by atomic mass is 35.5. The number of amides is 1. The van der Waals surface area contributed by atoms with Crippen molar-refractivity contribution < 1.29 is 14.3 Å². The molecule has 9 heteroatoms. The highest BCUT2D eigenvalue weighted by Gasteiger charge is 2.28. The number of carbonyl (C=O) groups excluding carboxylic acids is 2. The molecule has 1 amide bonds. The van der Waals surface area contributed by atoms with Gasteiger partial charge in [0.15, 0.2) is 5.16 Å². The Bertz CT molecular complexity index is 992. The van der Waals surface area contributed by atoms with Crippen molar-refractivity contribution in [2.45, 2.75) is 57.4 Å². The summed E-state index contributed by atoms with van der Waals surface area (Å²) in [7, 11) is 0. The Hall–Kier alpha value is -2.32. The fourth-order valence-corrected chi connectivity index (χ4v) is 5.22. The van der Waals surface area contributed by atoms with E-state index in [1.807, 2.05) is 42.2 Å². The van der Waals surface area contributed by atoms with Crippen LogP contribution in [0, 0.1) is 5.92 Å². The molecule has 2 aromatic rings. The lowest BCUT2D eigenvalue weighted by molar-refractivity contribution is -0.149. The Labute approximate surface area is 217 Å². The number of anilines is 1. The fraction of sp³-hybridized carbons (Fsp3) is 0.538. The van der Waals surface area contributed by atoms with Crippen LogP contribution in [0.1, 0.15) is 62.4 Å². The number of hydrogen-bond acceptors (Lipinski definition) is 7. The second kappa shape index (κ2) is 13.7. The third-order valence-electron chi connectivity index (χ3n) is 5.92. The molecule has 0 saturated carbocycles. The molecule has 0 unspecified atom stereocenters. The summed E-state index contributed by atoms with van der Waals surface area (Å²) in [6.07, 6.45) is 3.35. The molecule has 0 radical (unpaired) electrons. The van der Waals surface area contributed by atoms with Gasteiger partial charge in [0.1, 0.15) is 11.0 Å². The summed E-state index contributed by atoms with van der Waals surface area (Å²) < 4.78 is 5.13. The molecule has 1 fully saturated rings. The van der Waals surface area contributed by atoms with Crippen LogP contribution in [-0.4, -0.2) is 59.5 Å². The standard InChI is InChI=1S/C26H35ClN4O3S/c1-4-12-30(13-5-2)23-17-22(27)28-26(29-23)35-18-19-8-7-9-21(16-19)24(32)31-14-10-20(11-15-31)25(33)34-6-3/h7-9,16-17,20H,4-6,10-15,18H2,1-3H3. The van der Waals surface area contributed by atoms with Gasteiger partial charge in [-0.3, -0.25) is 9.59 Å². The second-order valence-corrected chi connectivity index (χ2v) is 9.96. The van der Waals surface area contributed by atoms with Crippen molar-refractivity contribution >= 4 is 41.1 Å². The summed E-state index contributed by atoms with van der Waals surface area (Å²) in [6, 6.07) is 9.50. The number of carbonyl (C=O) groups is 2. The molecule has 35 heavy (non-hydrogen) atoms. The van der Waals surface area contributed by atoms with Gasteiger partial charge in [-0.15, -0.1) is 0 Å². The number of rotatable bonds is 11. The zero-order valence-electron chi connectivity index (χ0n) is 20.8. The third kappa shape index (κ3) is 7.84. The number of hydrogen-bond donors (Lipinski definition) is 0. The van der Waals surface area contributed by atoms with Crippen molar-refractivity contribution in [3.05, 3.63) is 46.6 Å². The first-order chi connectivity index (χ1) is 16.9. The number of halogens is 1. The largest absolute Gasteiger partial charge is 0.466 e. The Morgan fingerprint density at radius 1 is 1.11 bits per heavy atom. The van der Waals surface area contributed by atoms with Crippen molar-refractivity contribution in [2.75, 3.05) is 37.7 Å². The SMILES string of the molecule is CCCN(CCC)c1cc(Cl)nc(SCc2cccc(C(=O)N3CCC(C(=O)OCC)CC3)c2)n1. The van der Waals surface area contributed by atoms with E-state index in [1.165, 1.54) is 11.8 Å². The molecule has 1 aliphatic heterocycles. The highest BCUT2D eigenvalue weighted by Crippen LogP contribution is 2.26. The van der Waals surface area contributed by atoms with Gasteiger partial charge in [-0.1, -0.05) is 49.3 Å². The predicted molar refractivity (Wildman–Crippen MR) is 141 cm³/mol. The first-order valence-corrected chi connectivity index (χ1v) is 13.8. The molecule has 0 bridgehead atoms. The van der Waals surface area contributed by atoms with Gasteiger partial charge < -0.3 is 14.5 Å². The van der Waals surface area contributed by atoms with Gasteiger partial charge in [-0.05, 0) is 50.3 Å². The van der Waals surface area contributed by atoms with E-state index in [4.69, 9.17) is 21.3 Å². The number of benzene rings is 1. The quantitative estimate of drug-likeness (QED) is 0.169. The number of aromatic nitrogens is 2. The lowest BCUT2D eigenvalue weighted by Crippen LogP contribution is -2.40. The maximum absolute atomic E-state index is 13.1. The molecule has 1 aromatic heterocycles. The summed E-state index contributed by atoms with van der Waals surface area (Å²) in [6.45, 7) is 9.47. The van der Waals surface area contributed by atoms with Crippen LogP contribution in [0.2, 0.25) is 5.15 Å². The van der Waals surface area contributed by atoms with Crippen LogP contribution in [0.3, 0.4) is 0 Å². The number of piperidine rings is 1. The summed E-state index contributed by atoms with van der Waals surface area (Å²) >= 11 is 7.82. The topological polar surface area (TPSA) is 75.6 Å². The molecule has 0 N–H and O–H groups in total. The molecule has 2 heterocycles. The summed E-state index contributed by atoms with van der Waals surface area (Å²) in [4.78, 5) is 38.2. The Morgan fingerprint density at radius 3 is 2.49 bits per heavy atom. The van der Waals surface area contributed by atoms with Crippen LogP contribution in [0.4, 0.5) is 5.82 Å². The molecule has 0 aliphatic carbocycles. The summed E-state index contributed by atoms with van der Waals surface area (Å²) in [5.74, 6) is 1.21. The van der Waals surface area contributed by atoms with E-state index in [-0.39, 0.29) is 17.8 Å². The number of nitrogens with zero attached hydrogens (tertiary/aromatic N) is 4. The number of esters is 1. The minimum Gasteiger partial charge on any atom is -0.466 e. The first kappa shape index (κ1) is 27.3. The van der Waals surface area contributed by atoms with Gasteiger partial charge in [0, 0.05) is 43.6 Å². The van der Waals surface area contributed by atoms with Gasteiger partial charge in [0.05, 0.1) is 12.5 Å². The fourth-order valence-electron chi connectivity index (χ4n) is 4.20. The molecule has 0 spiro atoms. The predicted octanol–water partition coefficient (Wildman–Crippen LogP) is 5.46. The van der Waals surface area contributed by atoms with Crippen molar-refractivity contribution in [1.29, 1.82) is 0 Å². The smallest absolute Gasteiger partial charge is 0.309 e. The minimum absolute atomic E-state index is 0.00442. The molecular weight excluding hydrogens is 484 g/mol. The van der Waals surface area contributed by atoms with E-state index in [1.54, 1.807) is 0 Å². The zero-order valence-corrected chi connectivity index (χ0v) is 22.4. The highest BCUT2D eigenvalue weighted by molar-refractivity contribution is 7.98. The minimum atomic E-state index is -0.155. The normalized spacial score (nSPS) is 14.1. The van der Waals surface area contributed by atoms with Crippen molar-refractivity contribution in [2.24, 2.45) is 5.92 Å². The van der Waals surface area contributed by atoms with Gasteiger partial charge in [-0.2, -0.15) is 0 Å². The molecule has 1 aliphatic rings. The molecule has 1 aromatic carbocycles. The van der Waals surface area contributed by atoms with Crippen LogP contribution < -0.4 is 4.90 Å². The summed E-state index contributed by atoms with van der Waals surface area (Å²) in [5.41, 5.74) is 1.67. The van der Waals surface area contributed by atoms with Crippen LogP contribution in [-0.2, 0) is 15.3 Å². The number of ether oxygens (including phenoxy) is 1. The van der Waals surface area contributed by atoms with Crippen LogP contribution >= 0.6 is 23.4 Å². The van der Waals surface area contributed by atoms with E-state index in [0.717, 1.165) is 37.3 Å². The Balaban J connectivity index is 1.62. The third-order valence-corrected chi connectivity index (χ3v) is 7.03. The van der Waals surface area contributed by atoms with Crippen molar-refractivity contribution in [3.63, 3.8) is 0 Å². The van der Waals surface area contributed by atoms with Gasteiger partial charge in [-0.25, -0.2) is 9.97 Å². The second-order valence-electron chi connectivity index (χ2n) is 8.63. The number of likely N-dealkylation sites (tertiary alicyclic amines) is 1. The molecule has 7 nitrogen and oxygen atoms in total. The van der Waals surface area contributed by atoms with E-state index < -0.39 is 0 Å². The average Bonchev–Trinajstić information content (AvgIpc) is 2.87. The maximum Gasteiger partial charge on any atom is 0.309 e. The zero-order chi connectivity index (χ0) is 25.2. The molecular formula is C26H35ClN4O3S. The van der Waals surface area contributed by atoms with Crippen molar-refractivity contribution in [1.82, 2.24) is 14.9 Å². The summed E-state index contributed by atoms with van der Waals surface area (Å²) in [5, 5.41) is 1.06. The monoisotopic (exact) mass is 518 g/mol. The van der Waals surface area contributed by atoms with Crippen LogP contribution in [0.15, 0.2) is 35.5 Å². The lowest BCUT2D eigenvalue weighted by atomic mass is 9.96. The van der Waals surface area contributed by atoms with E-state index in [9.17, 15) is 9.59 Å². The molecule has 3 rings (SSSR count). The van der Waals surface area contributed by atoms with Crippen LogP contribution in [0.5, 0.6) is 0 Å². The van der Waals surface area contributed by atoms with E-state index in [0.29, 0.717) is 54.2 Å². The molecule has 190 valence electrons. The Kier molecular flexibility index (Phi) is 10.7. The molecule has 1 saturated heterocycles. The van der Waals surface area contributed by atoms with Gasteiger partial charge >= 0.3 is 5.97 Å². The van der Waals surface area contributed by atoms with Gasteiger partial charge in [0.2, 0.25) is 0 Å². The van der Waals surface area contributed by atoms with E-state index >= 15 is 0 Å². The van der Waals surface area contributed by atoms with Crippen LogP contribution in [0.25, 0.3) is 0 Å².